The Morgan fingerprint density at radius 3 is 3.07 bits per heavy atom. The zero-order valence-corrected chi connectivity index (χ0v) is 9.25. The number of esters is 1. The molecule has 0 aromatic carbocycles. The highest BCUT2D eigenvalue weighted by atomic mass is 32.2. The predicted octanol–water partition coefficient (Wildman–Crippen LogP) is 1.79. The maximum absolute atomic E-state index is 10.6. The average Bonchev–Trinajstić information content (AvgIpc) is 2.16. The van der Waals surface area contributed by atoms with Crippen LogP contribution in [-0.2, 0) is 14.3 Å². The lowest BCUT2D eigenvalue weighted by molar-refractivity contribution is -0.144. The van der Waals surface area contributed by atoms with Gasteiger partial charge in [0.1, 0.15) is 18.1 Å². The van der Waals surface area contributed by atoms with Gasteiger partial charge in [0.2, 0.25) is 0 Å². The molecule has 0 fully saturated rings. The van der Waals surface area contributed by atoms with Crippen LogP contribution in [0.25, 0.3) is 0 Å². The SMILES string of the molecule is CCS[C@H]1[CH]C=C[C@@H](COC(C)=O)O1. The first-order valence-corrected chi connectivity index (χ1v) is 5.69. The van der Waals surface area contributed by atoms with Crippen molar-refractivity contribution in [2.24, 2.45) is 0 Å². The Labute approximate surface area is 88.8 Å². The quantitative estimate of drug-likeness (QED) is 0.670. The standard InChI is InChI=1S/C10H15O3S/c1-3-14-10-6-4-5-9(13-10)7-12-8(2)11/h4-6,9-10H,3,7H2,1-2H3/t9-,10-/m0/s1. The molecule has 1 aliphatic heterocycles. The number of carbonyl (C=O) groups is 1. The zero-order valence-electron chi connectivity index (χ0n) is 8.43. The minimum atomic E-state index is -0.267. The Bertz CT molecular complexity index is 215. The number of rotatable bonds is 4. The van der Waals surface area contributed by atoms with Gasteiger partial charge in [-0.1, -0.05) is 19.1 Å². The third kappa shape index (κ3) is 4.15. The normalized spacial score (nSPS) is 26.1. The summed E-state index contributed by atoms with van der Waals surface area (Å²) in [6, 6.07) is 0. The fourth-order valence-corrected chi connectivity index (χ4v) is 1.85. The molecule has 0 bridgehead atoms. The van der Waals surface area contributed by atoms with Crippen LogP contribution in [0, 0.1) is 6.42 Å². The highest BCUT2D eigenvalue weighted by Crippen LogP contribution is 2.21. The summed E-state index contributed by atoms with van der Waals surface area (Å²) in [4.78, 5) is 10.6. The van der Waals surface area contributed by atoms with Crippen molar-refractivity contribution in [1.29, 1.82) is 0 Å². The van der Waals surface area contributed by atoms with E-state index >= 15 is 0 Å². The van der Waals surface area contributed by atoms with Crippen molar-refractivity contribution in [2.45, 2.75) is 25.4 Å². The molecule has 1 heterocycles. The van der Waals surface area contributed by atoms with E-state index in [4.69, 9.17) is 9.47 Å². The van der Waals surface area contributed by atoms with Crippen LogP contribution >= 0.6 is 11.8 Å². The summed E-state index contributed by atoms with van der Waals surface area (Å²) < 4.78 is 10.5. The van der Waals surface area contributed by atoms with Gasteiger partial charge < -0.3 is 9.47 Å². The van der Waals surface area contributed by atoms with Gasteiger partial charge in [0.25, 0.3) is 0 Å². The highest BCUT2D eigenvalue weighted by molar-refractivity contribution is 7.99. The van der Waals surface area contributed by atoms with Crippen molar-refractivity contribution in [3.63, 3.8) is 0 Å². The molecule has 79 valence electrons. The number of thioether (sulfide) groups is 1. The third-order valence-corrected chi connectivity index (χ3v) is 2.61. The molecule has 4 heteroatoms. The second-order valence-electron chi connectivity index (χ2n) is 2.88. The molecule has 2 atom stereocenters. The Morgan fingerprint density at radius 2 is 2.43 bits per heavy atom. The van der Waals surface area contributed by atoms with Crippen molar-refractivity contribution in [3.8, 4) is 0 Å². The molecule has 0 amide bonds. The molecule has 0 saturated carbocycles. The van der Waals surface area contributed by atoms with E-state index in [0.29, 0.717) is 6.61 Å². The van der Waals surface area contributed by atoms with Crippen LogP contribution in [0.3, 0.4) is 0 Å². The van der Waals surface area contributed by atoms with Gasteiger partial charge in [-0.25, -0.2) is 0 Å². The molecular formula is C10H15O3S. The van der Waals surface area contributed by atoms with Gasteiger partial charge in [0.05, 0.1) is 0 Å². The topological polar surface area (TPSA) is 35.5 Å². The van der Waals surface area contributed by atoms with Crippen molar-refractivity contribution in [3.05, 3.63) is 18.6 Å². The summed E-state index contributed by atoms with van der Waals surface area (Å²) in [6.07, 6.45) is 5.76. The lowest BCUT2D eigenvalue weighted by Gasteiger charge is -2.24. The average molecular weight is 215 g/mol. The van der Waals surface area contributed by atoms with Crippen LogP contribution in [0.2, 0.25) is 0 Å². The molecule has 0 aromatic heterocycles. The molecule has 1 radical (unpaired) electrons. The third-order valence-electron chi connectivity index (χ3n) is 1.68. The Hall–Kier alpha value is -0.480. The number of hydrogen-bond donors (Lipinski definition) is 0. The molecule has 0 N–H and O–H groups in total. The lowest BCUT2D eigenvalue weighted by atomic mass is 10.2. The molecule has 0 spiro atoms. The molecule has 0 saturated heterocycles. The maximum atomic E-state index is 10.6. The number of hydrogen-bond acceptors (Lipinski definition) is 4. The molecular weight excluding hydrogens is 200 g/mol. The van der Waals surface area contributed by atoms with E-state index in [-0.39, 0.29) is 17.5 Å². The second-order valence-corrected chi connectivity index (χ2v) is 4.25. The Kier molecular flexibility index (Phi) is 5.04. The van der Waals surface area contributed by atoms with E-state index in [2.05, 4.69) is 6.92 Å². The second kappa shape index (κ2) is 6.09. The van der Waals surface area contributed by atoms with E-state index in [1.165, 1.54) is 6.92 Å². The van der Waals surface area contributed by atoms with Gasteiger partial charge >= 0.3 is 5.97 Å². The van der Waals surface area contributed by atoms with E-state index in [1.807, 2.05) is 18.6 Å². The molecule has 1 aliphatic rings. The first kappa shape index (κ1) is 11.6. The number of ether oxygens (including phenoxy) is 2. The molecule has 0 unspecified atom stereocenters. The van der Waals surface area contributed by atoms with E-state index in [1.54, 1.807) is 11.8 Å². The van der Waals surface area contributed by atoms with Gasteiger partial charge in [0.15, 0.2) is 0 Å². The maximum Gasteiger partial charge on any atom is 0.302 e. The minimum Gasteiger partial charge on any atom is -0.463 e. The lowest BCUT2D eigenvalue weighted by Crippen LogP contribution is -2.27. The van der Waals surface area contributed by atoms with Gasteiger partial charge in [0, 0.05) is 13.3 Å². The van der Waals surface area contributed by atoms with Crippen molar-refractivity contribution < 1.29 is 14.3 Å². The van der Waals surface area contributed by atoms with Gasteiger partial charge in [-0.05, 0) is 5.75 Å². The van der Waals surface area contributed by atoms with Gasteiger partial charge in [-0.2, -0.15) is 0 Å². The van der Waals surface area contributed by atoms with Crippen LogP contribution in [0.1, 0.15) is 13.8 Å². The van der Waals surface area contributed by atoms with Crippen LogP contribution < -0.4 is 0 Å². The summed E-state index contributed by atoms with van der Waals surface area (Å²) in [7, 11) is 0. The summed E-state index contributed by atoms with van der Waals surface area (Å²) in [6.45, 7) is 3.79. The smallest absolute Gasteiger partial charge is 0.302 e. The predicted molar refractivity (Wildman–Crippen MR) is 56.9 cm³/mol. The van der Waals surface area contributed by atoms with Crippen molar-refractivity contribution in [1.82, 2.24) is 0 Å². The van der Waals surface area contributed by atoms with Crippen LogP contribution in [0.15, 0.2) is 12.2 Å². The fraction of sp³-hybridized carbons (Fsp3) is 0.600. The van der Waals surface area contributed by atoms with Crippen molar-refractivity contribution in [2.75, 3.05) is 12.4 Å². The van der Waals surface area contributed by atoms with E-state index in [0.717, 1.165) is 5.75 Å². The largest absolute Gasteiger partial charge is 0.463 e. The molecule has 3 nitrogen and oxygen atoms in total. The molecule has 1 rings (SSSR count). The fourth-order valence-electron chi connectivity index (χ4n) is 1.10. The summed E-state index contributed by atoms with van der Waals surface area (Å²) in [5.41, 5.74) is 0.0885. The van der Waals surface area contributed by atoms with E-state index in [9.17, 15) is 4.79 Å². The summed E-state index contributed by atoms with van der Waals surface area (Å²) in [5.74, 6) is 0.742. The first-order valence-electron chi connectivity index (χ1n) is 4.64. The van der Waals surface area contributed by atoms with Crippen LogP contribution in [0.5, 0.6) is 0 Å². The Morgan fingerprint density at radius 1 is 1.64 bits per heavy atom. The van der Waals surface area contributed by atoms with E-state index < -0.39 is 0 Å². The van der Waals surface area contributed by atoms with Gasteiger partial charge in [-0.15, -0.1) is 11.8 Å². The number of carbonyl (C=O) groups excluding carboxylic acids is 1. The molecule has 0 aromatic rings. The monoisotopic (exact) mass is 215 g/mol. The molecule has 14 heavy (non-hydrogen) atoms. The summed E-state index contributed by atoms with van der Waals surface area (Å²) >= 11 is 1.72. The molecule has 0 aliphatic carbocycles. The van der Waals surface area contributed by atoms with Crippen molar-refractivity contribution >= 4 is 17.7 Å². The zero-order chi connectivity index (χ0) is 10.4. The minimum absolute atomic E-state index is 0.0885. The van der Waals surface area contributed by atoms with Crippen LogP contribution in [-0.4, -0.2) is 29.9 Å². The van der Waals surface area contributed by atoms with Gasteiger partial charge in [-0.3, -0.25) is 4.79 Å². The Balaban J connectivity index is 2.29. The summed E-state index contributed by atoms with van der Waals surface area (Å²) in [5, 5.41) is 0. The first-order chi connectivity index (χ1) is 6.72. The van der Waals surface area contributed by atoms with Crippen LogP contribution in [0.4, 0.5) is 0 Å². The highest BCUT2D eigenvalue weighted by Gasteiger charge is 2.18.